The molecule has 2 aliphatic rings. The minimum absolute atomic E-state index is 0.954. The van der Waals surface area contributed by atoms with Crippen LogP contribution in [0.4, 0.5) is 5.69 Å². The number of hydrogen-bond donors (Lipinski definition) is 1. The molecule has 3 nitrogen and oxygen atoms in total. The Labute approximate surface area is 168 Å². The van der Waals surface area contributed by atoms with Gasteiger partial charge < -0.3 is 14.6 Å². The van der Waals surface area contributed by atoms with Gasteiger partial charge in [0.05, 0.1) is 0 Å². The van der Waals surface area contributed by atoms with Crippen LogP contribution in [0.3, 0.4) is 0 Å². The van der Waals surface area contributed by atoms with Crippen molar-refractivity contribution in [3.05, 3.63) is 71.0 Å². The second-order valence-electron chi connectivity index (χ2n) is 8.36. The second-order valence-corrected chi connectivity index (χ2v) is 8.36. The highest BCUT2D eigenvalue weighted by molar-refractivity contribution is 5.62. The predicted molar refractivity (Wildman–Crippen MR) is 117 cm³/mol. The van der Waals surface area contributed by atoms with Crippen LogP contribution < -0.4 is 10.2 Å². The van der Waals surface area contributed by atoms with Gasteiger partial charge in [0.1, 0.15) is 0 Å². The van der Waals surface area contributed by atoms with Crippen molar-refractivity contribution in [1.82, 2.24) is 9.72 Å². The maximum Gasteiger partial charge on any atom is 0.0488 e. The molecule has 1 saturated heterocycles. The van der Waals surface area contributed by atoms with E-state index >= 15 is 0 Å². The van der Waals surface area contributed by atoms with Gasteiger partial charge in [-0.05, 0) is 92.4 Å². The van der Waals surface area contributed by atoms with Crippen molar-refractivity contribution in [2.24, 2.45) is 0 Å². The summed E-state index contributed by atoms with van der Waals surface area (Å²) >= 11 is 0. The van der Waals surface area contributed by atoms with Crippen LogP contribution in [-0.2, 0) is 25.8 Å². The van der Waals surface area contributed by atoms with E-state index in [0.29, 0.717) is 0 Å². The van der Waals surface area contributed by atoms with Crippen LogP contribution in [0.2, 0.25) is 0 Å². The molecule has 0 radical (unpaired) electrons. The second kappa shape index (κ2) is 8.00. The van der Waals surface area contributed by atoms with E-state index in [9.17, 15) is 0 Å². The Hall–Kier alpha value is -2.26. The molecule has 0 bridgehead atoms. The van der Waals surface area contributed by atoms with Gasteiger partial charge in [0.15, 0.2) is 0 Å². The SMILES string of the molecule is c1cc(CNCCc2c3c(n4ccccc24)CCCC3)cc(N2CCCC2)c1. The summed E-state index contributed by atoms with van der Waals surface area (Å²) in [5.41, 5.74) is 8.99. The molecule has 5 rings (SSSR count). The third kappa shape index (κ3) is 3.44. The zero-order valence-electron chi connectivity index (χ0n) is 16.8. The summed E-state index contributed by atoms with van der Waals surface area (Å²) in [5, 5.41) is 3.70. The molecule has 28 heavy (non-hydrogen) atoms. The molecule has 0 spiro atoms. The molecule has 1 N–H and O–H groups in total. The molecule has 0 saturated carbocycles. The average molecular weight is 374 g/mol. The van der Waals surface area contributed by atoms with Crippen LogP contribution >= 0.6 is 0 Å². The number of nitrogens with zero attached hydrogens (tertiary/aromatic N) is 2. The molecule has 3 heteroatoms. The minimum Gasteiger partial charge on any atom is -0.372 e. The van der Waals surface area contributed by atoms with Crippen molar-refractivity contribution in [2.75, 3.05) is 24.5 Å². The highest BCUT2D eigenvalue weighted by atomic mass is 15.1. The van der Waals surface area contributed by atoms with E-state index in [2.05, 4.69) is 63.3 Å². The highest BCUT2D eigenvalue weighted by Gasteiger charge is 2.20. The van der Waals surface area contributed by atoms with Crippen molar-refractivity contribution in [1.29, 1.82) is 0 Å². The number of anilines is 1. The number of rotatable bonds is 6. The summed E-state index contributed by atoms with van der Waals surface area (Å²) in [6.45, 7) is 4.41. The largest absolute Gasteiger partial charge is 0.372 e. The number of aryl methyl sites for hydroxylation is 1. The highest BCUT2D eigenvalue weighted by Crippen LogP contribution is 2.30. The predicted octanol–water partition coefficient (Wildman–Crippen LogP) is 4.75. The number of fused-ring (bicyclic) bond motifs is 3. The van der Waals surface area contributed by atoms with Crippen molar-refractivity contribution in [3.63, 3.8) is 0 Å². The van der Waals surface area contributed by atoms with Gasteiger partial charge in [0.2, 0.25) is 0 Å². The first-order valence-electron chi connectivity index (χ1n) is 11.0. The lowest BCUT2D eigenvalue weighted by atomic mass is 9.93. The molecule has 2 aromatic heterocycles. The summed E-state index contributed by atoms with van der Waals surface area (Å²) in [6, 6.07) is 15.7. The zero-order valence-corrected chi connectivity index (χ0v) is 16.8. The molecular weight excluding hydrogens is 342 g/mol. The van der Waals surface area contributed by atoms with Gasteiger partial charge in [-0.1, -0.05) is 18.2 Å². The van der Waals surface area contributed by atoms with E-state index in [-0.39, 0.29) is 0 Å². The van der Waals surface area contributed by atoms with Crippen LogP contribution in [-0.4, -0.2) is 24.0 Å². The van der Waals surface area contributed by atoms with Gasteiger partial charge in [0, 0.05) is 42.7 Å². The van der Waals surface area contributed by atoms with Crippen LogP contribution in [0.15, 0.2) is 48.7 Å². The zero-order chi connectivity index (χ0) is 18.8. The topological polar surface area (TPSA) is 19.7 Å². The molecule has 1 aliphatic heterocycles. The number of hydrogen-bond acceptors (Lipinski definition) is 2. The van der Waals surface area contributed by atoms with Gasteiger partial charge in [-0.25, -0.2) is 0 Å². The molecule has 146 valence electrons. The first-order chi connectivity index (χ1) is 13.9. The number of nitrogens with one attached hydrogen (secondary N) is 1. The Bertz CT molecular complexity index is 950. The van der Waals surface area contributed by atoms with E-state index < -0.39 is 0 Å². The number of aromatic nitrogens is 1. The van der Waals surface area contributed by atoms with E-state index in [1.54, 1.807) is 16.8 Å². The lowest BCUT2D eigenvalue weighted by Crippen LogP contribution is -2.19. The number of benzene rings is 1. The standard InChI is InChI=1S/C25H31N3/c1-2-11-24-22(10-1)23(25-12-3-4-17-28(24)25)13-14-26-19-20-8-7-9-21(18-20)27-15-5-6-16-27/h3-4,7-9,12,17-18,26H,1-2,5-6,10-11,13-16,19H2. The molecule has 1 aliphatic carbocycles. The Morgan fingerprint density at radius 3 is 2.71 bits per heavy atom. The Kier molecular flexibility index (Phi) is 5.09. The molecule has 0 unspecified atom stereocenters. The fraction of sp³-hybridized carbons (Fsp3) is 0.440. The first-order valence-corrected chi connectivity index (χ1v) is 11.0. The van der Waals surface area contributed by atoms with Crippen LogP contribution in [0.5, 0.6) is 0 Å². The summed E-state index contributed by atoms with van der Waals surface area (Å²) in [7, 11) is 0. The van der Waals surface area contributed by atoms with Crippen LogP contribution in [0.25, 0.3) is 5.52 Å². The van der Waals surface area contributed by atoms with Crippen LogP contribution in [0.1, 0.15) is 48.1 Å². The van der Waals surface area contributed by atoms with Crippen molar-refractivity contribution in [2.45, 2.75) is 51.5 Å². The van der Waals surface area contributed by atoms with Gasteiger partial charge >= 0.3 is 0 Å². The van der Waals surface area contributed by atoms with E-state index in [0.717, 1.165) is 19.5 Å². The maximum atomic E-state index is 3.70. The monoisotopic (exact) mass is 373 g/mol. The maximum absolute atomic E-state index is 3.70. The summed E-state index contributed by atoms with van der Waals surface area (Å²) < 4.78 is 2.45. The number of pyridine rings is 1. The molecule has 1 aromatic carbocycles. The van der Waals surface area contributed by atoms with Crippen molar-refractivity contribution >= 4 is 11.2 Å². The third-order valence-corrected chi connectivity index (χ3v) is 6.53. The average Bonchev–Trinajstić information content (AvgIpc) is 3.39. The molecule has 0 atom stereocenters. The summed E-state index contributed by atoms with van der Waals surface area (Å²) in [5.74, 6) is 0. The van der Waals surface area contributed by atoms with Gasteiger partial charge in [0.25, 0.3) is 0 Å². The van der Waals surface area contributed by atoms with Crippen molar-refractivity contribution in [3.8, 4) is 0 Å². The molecule has 3 heterocycles. The quantitative estimate of drug-likeness (QED) is 0.629. The first kappa shape index (κ1) is 17.8. The lowest BCUT2D eigenvalue weighted by molar-refractivity contribution is 0.656. The molecule has 3 aromatic rings. The molecular formula is C25H31N3. The van der Waals surface area contributed by atoms with E-state index in [1.807, 2.05) is 0 Å². The van der Waals surface area contributed by atoms with E-state index in [4.69, 9.17) is 0 Å². The van der Waals surface area contributed by atoms with Gasteiger partial charge in [-0.15, -0.1) is 0 Å². The van der Waals surface area contributed by atoms with Crippen LogP contribution in [0, 0.1) is 0 Å². The van der Waals surface area contributed by atoms with E-state index in [1.165, 1.54) is 68.4 Å². The normalized spacial score (nSPS) is 16.6. The van der Waals surface area contributed by atoms with Gasteiger partial charge in [-0.3, -0.25) is 0 Å². The summed E-state index contributed by atoms with van der Waals surface area (Å²) in [4.78, 5) is 2.52. The third-order valence-electron chi connectivity index (χ3n) is 6.53. The smallest absolute Gasteiger partial charge is 0.0488 e. The van der Waals surface area contributed by atoms with Crippen molar-refractivity contribution < 1.29 is 0 Å². The fourth-order valence-corrected chi connectivity index (χ4v) is 5.12. The van der Waals surface area contributed by atoms with Gasteiger partial charge in [-0.2, -0.15) is 0 Å². The molecule has 0 amide bonds. The molecule has 1 fully saturated rings. The Balaban J connectivity index is 1.25. The fourth-order valence-electron chi connectivity index (χ4n) is 5.12. The summed E-state index contributed by atoms with van der Waals surface area (Å²) in [6.07, 6.45) is 11.2. The Morgan fingerprint density at radius 2 is 1.79 bits per heavy atom. The minimum atomic E-state index is 0.954. The Morgan fingerprint density at radius 1 is 0.893 bits per heavy atom. The lowest BCUT2D eigenvalue weighted by Gasteiger charge is -2.18.